The van der Waals surface area contributed by atoms with Crippen LogP contribution in [0.5, 0.6) is 5.75 Å². The molecule has 0 atom stereocenters. The standard InChI is InChI=1S/C44H41NO/c1-2-3-4-5-6-13-31-46-42-20-14-19-40-43(42)39-26-25-36(34-23-21-33(22-24-34)35-27-29-45-30-28-35)32-41(39)44(40,37-15-9-7-10-16-37)38-17-11-8-12-18-38/h7-12,14-30,32H,2-6,13,31H2,1H3. The van der Waals surface area contributed by atoms with Crippen molar-refractivity contribution in [2.24, 2.45) is 0 Å². The Hall–Kier alpha value is -4.95. The van der Waals surface area contributed by atoms with Gasteiger partial charge in [-0.25, -0.2) is 0 Å². The van der Waals surface area contributed by atoms with Crippen molar-refractivity contribution in [2.75, 3.05) is 6.61 Å². The largest absolute Gasteiger partial charge is 0.493 e. The van der Waals surface area contributed by atoms with Gasteiger partial charge in [0.1, 0.15) is 5.75 Å². The Morgan fingerprint density at radius 1 is 0.522 bits per heavy atom. The molecule has 46 heavy (non-hydrogen) atoms. The van der Waals surface area contributed by atoms with E-state index in [1.807, 2.05) is 12.4 Å². The molecule has 1 aliphatic carbocycles. The van der Waals surface area contributed by atoms with E-state index in [0.29, 0.717) is 0 Å². The number of hydrogen-bond acceptors (Lipinski definition) is 2. The summed E-state index contributed by atoms with van der Waals surface area (Å²) in [5, 5.41) is 0. The highest BCUT2D eigenvalue weighted by atomic mass is 16.5. The minimum atomic E-state index is -0.473. The van der Waals surface area contributed by atoms with Crippen molar-refractivity contribution in [2.45, 2.75) is 50.9 Å². The van der Waals surface area contributed by atoms with Crippen molar-refractivity contribution in [3.05, 3.63) is 168 Å². The third-order valence-corrected chi connectivity index (χ3v) is 9.52. The highest BCUT2D eigenvalue weighted by Crippen LogP contribution is 2.59. The van der Waals surface area contributed by atoms with Crippen LogP contribution in [0.3, 0.4) is 0 Å². The van der Waals surface area contributed by atoms with E-state index < -0.39 is 5.41 Å². The average molecular weight is 600 g/mol. The zero-order chi connectivity index (χ0) is 31.2. The molecule has 1 aromatic heterocycles. The van der Waals surface area contributed by atoms with Gasteiger partial charge in [-0.05, 0) is 80.8 Å². The van der Waals surface area contributed by atoms with Crippen LogP contribution >= 0.6 is 0 Å². The number of unbranched alkanes of at least 4 members (excludes halogenated alkanes) is 5. The molecular formula is C44H41NO. The van der Waals surface area contributed by atoms with Gasteiger partial charge in [0.15, 0.2) is 0 Å². The Labute approximate surface area is 273 Å². The monoisotopic (exact) mass is 599 g/mol. The highest BCUT2D eigenvalue weighted by molar-refractivity contribution is 5.91. The van der Waals surface area contributed by atoms with Crippen LogP contribution in [0.4, 0.5) is 0 Å². The van der Waals surface area contributed by atoms with Crippen molar-refractivity contribution in [1.82, 2.24) is 4.98 Å². The normalized spacial score (nSPS) is 12.8. The zero-order valence-corrected chi connectivity index (χ0v) is 26.7. The molecule has 7 rings (SSSR count). The lowest BCUT2D eigenvalue weighted by Gasteiger charge is -2.34. The first kappa shape index (κ1) is 29.7. The molecule has 0 aliphatic heterocycles. The summed E-state index contributed by atoms with van der Waals surface area (Å²) in [6.07, 6.45) is 11.2. The summed E-state index contributed by atoms with van der Waals surface area (Å²) in [6.45, 7) is 3.01. The van der Waals surface area contributed by atoms with Gasteiger partial charge in [-0.2, -0.15) is 0 Å². The summed E-state index contributed by atoms with van der Waals surface area (Å²) in [5.74, 6) is 0.982. The number of nitrogens with zero attached hydrogens (tertiary/aromatic N) is 1. The number of rotatable bonds is 12. The fourth-order valence-corrected chi connectivity index (χ4v) is 7.27. The molecule has 0 N–H and O–H groups in total. The maximum absolute atomic E-state index is 6.64. The van der Waals surface area contributed by atoms with E-state index in [2.05, 4.69) is 145 Å². The molecule has 0 saturated heterocycles. The molecule has 228 valence electrons. The number of ether oxygens (including phenoxy) is 1. The predicted octanol–water partition coefficient (Wildman–Crippen LogP) is 11.5. The maximum Gasteiger partial charge on any atom is 0.127 e. The highest BCUT2D eigenvalue weighted by Gasteiger charge is 2.47. The van der Waals surface area contributed by atoms with Crippen molar-refractivity contribution in [1.29, 1.82) is 0 Å². The molecule has 1 heterocycles. The number of hydrogen-bond donors (Lipinski definition) is 0. The Balaban J connectivity index is 1.35. The van der Waals surface area contributed by atoms with Crippen molar-refractivity contribution in [3.63, 3.8) is 0 Å². The van der Waals surface area contributed by atoms with Crippen LogP contribution in [-0.2, 0) is 5.41 Å². The first-order valence-corrected chi connectivity index (χ1v) is 16.8. The second-order valence-electron chi connectivity index (χ2n) is 12.4. The van der Waals surface area contributed by atoms with E-state index in [4.69, 9.17) is 4.74 Å². The summed E-state index contributed by atoms with van der Waals surface area (Å²) >= 11 is 0. The van der Waals surface area contributed by atoms with Crippen LogP contribution in [0, 0.1) is 0 Å². The van der Waals surface area contributed by atoms with Crippen LogP contribution < -0.4 is 4.74 Å². The van der Waals surface area contributed by atoms with Gasteiger partial charge < -0.3 is 4.74 Å². The molecule has 0 radical (unpaired) electrons. The molecule has 5 aromatic carbocycles. The molecule has 2 heteroatoms. The SMILES string of the molecule is CCCCCCCCOc1cccc2c1-c1ccc(-c3ccc(-c4ccncc4)cc3)cc1C2(c1ccccc1)c1ccccc1. The Morgan fingerprint density at radius 3 is 1.78 bits per heavy atom. The first-order valence-electron chi connectivity index (χ1n) is 16.8. The Morgan fingerprint density at radius 2 is 1.11 bits per heavy atom. The van der Waals surface area contributed by atoms with Crippen LogP contribution in [0.25, 0.3) is 33.4 Å². The van der Waals surface area contributed by atoms with Gasteiger partial charge in [0.05, 0.1) is 12.0 Å². The van der Waals surface area contributed by atoms with Gasteiger partial charge in [0, 0.05) is 18.0 Å². The summed E-state index contributed by atoms with van der Waals surface area (Å²) in [7, 11) is 0. The van der Waals surface area contributed by atoms with E-state index in [0.717, 1.165) is 18.8 Å². The Kier molecular flexibility index (Phi) is 8.78. The third-order valence-electron chi connectivity index (χ3n) is 9.52. The fourth-order valence-electron chi connectivity index (χ4n) is 7.27. The third kappa shape index (κ3) is 5.54. The number of benzene rings is 5. The second-order valence-corrected chi connectivity index (χ2v) is 12.4. The van der Waals surface area contributed by atoms with E-state index in [-0.39, 0.29) is 0 Å². The van der Waals surface area contributed by atoms with Gasteiger partial charge in [-0.3, -0.25) is 4.98 Å². The number of fused-ring (bicyclic) bond motifs is 3. The summed E-state index contributed by atoms with van der Waals surface area (Å²) in [6, 6.07) is 48.7. The van der Waals surface area contributed by atoms with Crippen LogP contribution in [0.1, 0.15) is 67.7 Å². The average Bonchev–Trinajstić information content (AvgIpc) is 3.43. The quantitative estimate of drug-likeness (QED) is 0.130. The molecule has 2 nitrogen and oxygen atoms in total. The molecule has 0 fully saturated rings. The molecule has 1 aliphatic rings. The lowest BCUT2D eigenvalue weighted by atomic mass is 9.67. The van der Waals surface area contributed by atoms with Gasteiger partial charge in [0.25, 0.3) is 0 Å². The molecular weight excluding hydrogens is 558 g/mol. The van der Waals surface area contributed by atoms with Crippen LogP contribution in [0.2, 0.25) is 0 Å². The zero-order valence-electron chi connectivity index (χ0n) is 26.7. The lowest BCUT2D eigenvalue weighted by molar-refractivity contribution is 0.305. The van der Waals surface area contributed by atoms with E-state index in [1.165, 1.54) is 87.7 Å². The van der Waals surface area contributed by atoms with Gasteiger partial charge >= 0.3 is 0 Å². The fraction of sp³-hybridized carbons (Fsp3) is 0.205. The van der Waals surface area contributed by atoms with E-state index >= 15 is 0 Å². The number of aromatic nitrogens is 1. The second kappa shape index (κ2) is 13.6. The van der Waals surface area contributed by atoms with Crippen molar-refractivity contribution >= 4 is 0 Å². The lowest BCUT2D eigenvalue weighted by Crippen LogP contribution is -2.28. The van der Waals surface area contributed by atoms with Crippen molar-refractivity contribution in [3.8, 4) is 39.1 Å². The topological polar surface area (TPSA) is 22.1 Å². The summed E-state index contributed by atoms with van der Waals surface area (Å²) in [5.41, 5.74) is 11.9. The smallest absolute Gasteiger partial charge is 0.127 e. The van der Waals surface area contributed by atoms with E-state index in [1.54, 1.807) is 0 Å². The molecule has 0 spiro atoms. The van der Waals surface area contributed by atoms with Crippen LogP contribution in [0.15, 0.2) is 146 Å². The van der Waals surface area contributed by atoms with Gasteiger partial charge in [0.2, 0.25) is 0 Å². The maximum atomic E-state index is 6.64. The minimum absolute atomic E-state index is 0.473. The molecule has 0 saturated carbocycles. The number of pyridine rings is 1. The molecule has 6 aromatic rings. The van der Waals surface area contributed by atoms with Gasteiger partial charge in [-0.1, -0.05) is 148 Å². The summed E-state index contributed by atoms with van der Waals surface area (Å²) < 4.78 is 6.64. The molecule has 0 unspecified atom stereocenters. The molecule has 0 amide bonds. The summed E-state index contributed by atoms with van der Waals surface area (Å²) in [4.78, 5) is 4.18. The first-order chi connectivity index (χ1) is 22.8. The van der Waals surface area contributed by atoms with Crippen LogP contribution in [-0.4, -0.2) is 11.6 Å². The Bertz CT molecular complexity index is 1840. The van der Waals surface area contributed by atoms with E-state index in [9.17, 15) is 0 Å². The van der Waals surface area contributed by atoms with Gasteiger partial charge in [-0.15, -0.1) is 0 Å². The molecule has 0 bridgehead atoms. The van der Waals surface area contributed by atoms with Crippen molar-refractivity contribution < 1.29 is 4.74 Å². The predicted molar refractivity (Wildman–Crippen MR) is 191 cm³/mol. The minimum Gasteiger partial charge on any atom is -0.493 e.